The highest BCUT2D eigenvalue weighted by Crippen LogP contribution is 2.30. The molecule has 1 saturated carbocycles. The van der Waals surface area contributed by atoms with Crippen molar-refractivity contribution in [1.82, 2.24) is 14.8 Å². The predicted octanol–water partition coefficient (Wildman–Crippen LogP) is 2.42. The standard InChI is InChI=1S/C14H15BrN4O/c15-13-12(17-7-10-3-5-16-6-4-10)8-18-19(14(13)20)9-11-1-2-11/h3-6,8,11,17H,1-2,7,9H2. The molecule has 5 nitrogen and oxygen atoms in total. The average Bonchev–Trinajstić information content (AvgIpc) is 3.28. The number of anilines is 1. The van der Waals surface area contributed by atoms with Crippen LogP contribution in [0.25, 0.3) is 0 Å². The second-order valence-electron chi connectivity index (χ2n) is 5.01. The summed E-state index contributed by atoms with van der Waals surface area (Å²) in [5.41, 5.74) is 1.75. The second-order valence-corrected chi connectivity index (χ2v) is 5.80. The molecule has 0 aliphatic heterocycles. The van der Waals surface area contributed by atoms with Crippen LogP contribution in [-0.4, -0.2) is 14.8 Å². The number of nitrogens with one attached hydrogen (secondary N) is 1. The Labute approximate surface area is 125 Å². The third-order valence-electron chi connectivity index (χ3n) is 3.35. The highest BCUT2D eigenvalue weighted by molar-refractivity contribution is 9.10. The Balaban J connectivity index is 1.73. The predicted molar refractivity (Wildman–Crippen MR) is 80.5 cm³/mol. The first kappa shape index (κ1) is 13.3. The molecule has 2 heterocycles. The van der Waals surface area contributed by atoms with E-state index < -0.39 is 0 Å². The Kier molecular flexibility index (Phi) is 3.82. The Morgan fingerprint density at radius 2 is 2.10 bits per heavy atom. The zero-order chi connectivity index (χ0) is 13.9. The van der Waals surface area contributed by atoms with E-state index in [4.69, 9.17) is 0 Å². The van der Waals surface area contributed by atoms with Crippen molar-refractivity contribution in [3.63, 3.8) is 0 Å². The van der Waals surface area contributed by atoms with Crippen molar-refractivity contribution in [3.05, 3.63) is 51.1 Å². The molecule has 0 radical (unpaired) electrons. The van der Waals surface area contributed by atoms with Crippen LogP contribution in [0.5, 0.6) is 0 Å². The Hall–Kier alpha value is -1.69. The van der Waals surface area contributed by atoms with E-state index in [0.717, 1.165) is 17.8 Å². The number of hydrogen-bond donors (Lipinski definition) is 1. The van der Waals surface area contributed by atoms with Crippen LogP contribution >= 0.6 is 15.9 Å². The monoisotopic (exact) mass is 334 g/mol. The van der Waals surface area contributed by atoms with Gasteiger partial charge in [0.2, 0.25) is 0 Å². The summed E-state index contributed by atoms with van der Waals surface area (Å²) in [6.07, 6.45) is 7.60. The van der Waals surface area contributed by atoms with Crippen molar-refractivity contribution in [2.45, 2.75) is 25.9 Å². The molecule has 3 rings (SSSR count). The smallest absolute Gasteiger partial charge is 0.283 e. The van der Waals surface area contributed by atoms with Gasteiger partial charge in [0.15, 0.2) is 0 Å². The summed E-state index contributed by atoms with van der Waals surface area (Å²) in [7, 11) is 0. The van der Waals surface area contributed by atoms with E-state index in [2.05, 4.69) is 31.3 Å². The Bertz CT molecular complexity index is 652. The third kappa shape index (κ3) is 3.07. The Morgan fingerprint density at radius 3 is 2.80 bits per heavy atom. The third-order valence-corrected chi connectivity index (χ3v) is 4.11. The molecule has 2 aromatic rings. The molecule has 1 aliphatic rings. The van der Waals surface area contributed by atoms with Gasteiger partial charge >= 0.3 is 0 Å². The van der Waals surface area contributed by atoms with Gasteiger partial charge in [0.25, 0.3) is 5.56 Å². The van der Waals surface area contributed by atoms with Crippen molar-refractivity contribution >= 4 is 21.6 Å². The normalized spacial score (nSPS) is 14.2. The largest absolute Gasteiger partial charge is 0.379 e. The lowest BCUT2D eigenvalue weighted by molar-refractivity contribution is 0.532. The number of pyridine rings is 1. The van der Waals surface area contributed by atoms with E-state index in [1.54, 1.807) is 23.3 Å². The number of nitrogens with zero attached hydrogens (tertiary/aromatic N) is 3. The molecular weight excluding hydrogens is 320 g/mol. The summed E-state index contributed by atoms with van der Waals surface area (Å²) in [6.45, 7) is 1.36. The fourth-order valence-corrected chi connectivity index (χ4v) is 2.41. The SMILES string of the molecule is O=c1c(Br)c(NCc2ccncc2)cnn1CC1CC1. The molecule has 6 heteroatoms. The van der Waals surface area contributed by atoms with E-state index in [-0.39, 0.29) is 5.56 Å². The first-order valence-electron chi connectivity index (χ1n) is 6.62. The molecule has 104 valence electrons. The van der Waals surface area contributed by atoms with E-state index in [1.807, 2.05) is 12.1 Å². The summed E-state index contributed by atoms with van der Waals surface area (Å²) in [6, 6.07) is 3.87. The molecule has 1 aliphatic carbocycles. The summed E-state index contributed by atoms with van der Waals surface area (Å²) < 4.78 is 2.08. The first-order valence-corrected chi connectivity index (χ1v) is 7.42. The first-order chi connectivity index (χ1) is 9.74. The lowest BCUT2D eigenvalue weighted by Gasteiger charge is -2.10. The molecule has 0 spiro atoms. The zero-order valence-electron chi connectivity index (χ0n) is 10.9. The van der Waals surface area contributed by atoms with Crippen molar-refractivity contribution in [1.29, 1.82) is 0 Å². The molecule has 0 amide bonds. The van der Waals surface area contributed by atoms with E-state index >= 15 is 0 Å². The topological polar surface area (TPSA) is 59.8 Å². The van der Waals surface area contributed by atoms with Crippen LogP contribution in [0.15, 0.2) is 40.0 Å². The maximum Gasteiger partial charge on any atom is 0.283 e. The van der Waals surface area contributed by atoms with Crippen LogP contribution in [0.2, 0.25) is 0 Å². The molecule has 0 atom stereocenters. The van der Waals surface area contributed by atoms with Gasteiger partial charge in [0.1, 0.15) is 4.47 Å². The number of rotatable bonds is 5. The van der Waals surface area contributed by atoms with Crippen molar-refractivity contribution < 1.29 is 0 Å². The van der Waals surface area contributed by atoms with Crippen molar-refractivity contribution in [3.8, 4) is 0 Å². The lowest BCUT2D eigenvalue weighted by Crippen LogP contribution is -2.25. The molecular formula is C14H15BrN4O. The molecule has 0 unspecified atom stereocenters. The van der Waals surface area contributed by atoms with Crippen LogP contribution in [0.3, 0.4) is 0 Å². The van der Waals surface area contributed by atoms with Gasteiger partial charge in [-0.15, -0.1) is 0 Å². The quantitative estimate of drug-likeness (QED) is 0.912. The van der Waals surface area contributed by atoms with Gasteiger partial charge < -0.3 is 5.32 Å². The van der Waals surface area contributed by atoms with Gasteiger partial charge in [-0.1, -0.05) is 0 Å². The van der Waals surface area contributed by atoms with Crippen LogP contribution in [-0.2, 0) is 13.1 Å². The maximum atomic E-state index is 12.2. The minimum atomic E-state index is -0.0726. The second kappa shape index (κ2) is 5.75. The summed E-state index contributed by atoms with van der Waals surface area (Å²) in [5, 5.41) is 7.45. The summed E-state index contributed by atoms with van der Waals surface area (Å²) >= 11 is 3.37. The van der Waals surface area contributed by atoms with Crippen molar-refractivity contribution in [2.75, 3.05) is 5.32 Å². The molecule has 2 aromatic heterocycles. The molecule has 1 fully saturated rings. The van der Waals surface area contributed by atoms with E-state index in [1.165, 1.54) is 12.8 Å². The fraction of sp³-hybridized carbons (Fsp3) is 0.357. The van der Waals surface area contributed by atoms with E-state index in [0.29, 0.717) is 16.9 Å². The van der Waals surface area contributed by atoms with Crippen LogP contribution in [0.1, 0.15) is 18.4 Å². The number of aromatic nitrogens is 3. The maximum absolute atomic E-state index is 12.2. The summed E-state index contributed by atoms with van der Waals surface area (Å²) in [4.78, 5) is 16.1. The minimum absolute atomic E-state index is 0.0726. The molecule has 0 saturated heterocycles. The molecule has 1 N–H and O–H groups in total. The highest BCUT2D eigenvalue weighted by atomic mass is 79.9. The average molecular weight is 335 g/mol. The van der Waals surface area contributed by atoms with Crippen LogP contribution in [0.4, 0.5) is 5.69 Å². The van der Waals surface area contributed by atoms with Gasteiger partial charge in [0, 0.05) is 25.5 Å². The highest BCUT2D eigenvalue weighted by Gasteiger charge is 2.23. The number of hydrogen-bond acceptors (Lipinski definition) is 4. The molecule has 0 aromatic carbocycles. The minimum Gasteiger partial charge on any atom is -0.379 e. The summed E-state index contributed by atoms with van der Waals surface area (Å²) in [5.74, 6) is 0.628. The molecule has 0 bridgehead atoms. The van der Waals surface area contributed by atoms with Gasteiger partial charge in [-0.25, -0.2) is 4.68 Å². The van der Waals surface area contributed by atoms with Gasteiger partial charge in [-0.2, -0.15) is 5.10 Å². The van der Waals surface area contributed by atoms with Gasteiger partial charge in [-0.05, 0) is 52.4 Å². The Morgan fingerprint density at radius 1 is 1.35 bits per heavy atom. The van der Waals surface area contributed by atoms with E-state index in [9.17, 15) is 4.79 Å². The van der Waals surface area contributed by atoms with Crippen LogP contribution < -0.4 is 10.9 Å². The molecule has 20 heavy (non-hydrogen) atoms. The fourth-order valence-electron chi connectivity index (χ4n) is 1.96. The zero-order valence-corrected chi connectivity index (χ0v) is 12.5. The lowest BCUT2D eigenvalue weighted by atomic mass is 10.2. The van der Waals surface area contributed by atoms with Gasteiger partial charge in [0.05, 0.1) is 11.9 Å². The van der Waals surface area contributed by atoms with Crippen LogP contribution in [0, 0.1) is 5.92 Å². The van der Waals surface area contributed by atoms with Gasteiger partial charge in [-0.3, -0.25) is 9.78 Å². The number of halogens is 1. The van der Waals surface area contributed by atoms with Crippen molar-refractivity contribution in [2.24, 2.45) is 5.92 Å².